The van der Waals surface area contributed by atoms with Crippen LogP contribution in [0.4, 0.5) is 0 Å². The van der Waals surface area contributed by atoms with Crippen LogP contribution in [-0.2, 0) is 4.79 Å². The fraction of sp³-hybridized carbons (Fsp3) is 0.857. The van der Waals surface area contributed by atoms with Gasteiger partial charge in [0.05, 0.1) is 0 Å². The highest BCUT2D eigenvalue weighted by Gasteiger charge is 2.27. The van der Waals surface area contributed by atoms with Gasteiger partial charge in [-0.2, -0.15) is 0 Å². The first-order valence-corrected chi connectivity index (χ1v) is 3.64. The molecule has 1 saturated carbocycles. The molecule has 0 aromatic heterocycles. The van der Waals surface area contributed by atoms with Crippen LogP contribution in [0.25, 0.3) is 0 Å². The maximum absolute atomic E-state index is 10.6. The normalized spacial score (nSPS) is 32.5. The summed E-state index contributed by atoms with van der Waals surface area (Å²) < 4.78 is 0. The summed E-state index contributed by atoms with van der Waals surface area (Å²) in [5, 5.41) is 8.71. The number of hydrogen-bond donors (Lipinski definition) is 2. The molecule has 0 aliphatic heterocycles. The van der Waals surface area contributed by atoms with Gasteiger partial charge in [-0.15, -0.1) is 0 Å². The van der Waals surface area contributed by atoms with E-state index in [1.165, 1.54) is 0 Å². The largest absolute Gasteiger partial charge is 0.396 e. The van der Waals surface area contributed by atoms with E-state index in [0.29, 0.717) is 5.92 Å². The molecule has 2 atom stereocenters. The van der Waals surface area contributed by atoms with Crippen molar-refractivity contribution in [3.63, 3.8) is 0 Å². The van der Waals surface area contributed by atoms with E-state index in [9.17, 15) is 4.79 Å². The maximum Gasteiger partial charge on any atom is 0.220 e. The Kier molecular flexibility index (Phi) is 2.27. The maximum atomic E-state index is 10.6. The Labute approximate surface area is 60.2 Å². The summed E-state index contributed by atoms with van der Waals surface area (Å²) in [6.07, 6.45) is 2.59. The molecule has 0 aromatic rings. The number of carbonyl (C=O) groups is 1. The molecule has 0 spiro atoms. The molecule has 58 valence electrons. The summed E-state index contributed by atoms with van der Waals surface area (Å²) in [6.45, 7) is 0.198. The molecule has 0 saturated heterocycles. The molecule has 2 unspecified atom stereocenters. The Balaban J connectivity index is 2.35. The van der Waals surface area contributed by atoms with Crippen molar-refractivity contribution in [1.29, 1.82) is 0 Å². The average Bonchev–Trinajstić information content (AvgIpc) is 2.34. The Morgan fingerprint density at radius 3 is 2.60 bits per heavy atom. The summed E-state index contributed by atoms with van der Waals surface area (Å²) in [5.41, 5.74) is 5.09. The van der Waals surface area contributed by atoms with Gasteiger partial charge in [-0.3, -0.25) is 4.79 Å². The molecule has 10 heavy (non-hydrogen) atoms. The number of amides is 1. The molecule has 3 nitrogen and oxygen atoms in total. The summed E-state index contributed by atoms with van der Waals surface area (Å²) in [4.78, 5) is 10.6. The van der Waals surface area contributed by atoms with Crippen LogP contribution >= 0.6 is 0 Å². The topological polar surface area (TPSA) is 63.3 Å². The van der Waals surface area contributed by atoms with Gasteiger partial charge in [-0.1, -0.05) is 0 Å². The van der Waals surface area contributed by atoms with Crippen molar-refractivity contribution >= 4 is 5.91 Å². The SMILES string of the molecule is NC(=O)C1CCC(CO)C1. The van der Waals surface area contributed by atoms with Crippen LogP contribution in [-0.4, -0.2) is 17.6 Å². The van der Waals surface area contributed by atoms with Gasteiger partial charge in [-0.25, -0.2) is 0 Å². The zero-order valence-electron chi connectivity index (χ0n) is 5.92. The third kappa shape index (κ3) is 1.48. The number of hydrogen-bond acceptors (Lipinski definition) is 2. The second-order valence-corrected chi connectivity index (χ2v) is 2.96. The van der Waals surface area contributed by atoms with E-state index in [-0.39, 0.29) is 18.4 Å². The van der Waals surface area contributed by atoms with Gasteiger partial charge >= 0.3 is 0 Å². The van der Waals surface area contributed by atoms with Crippen LogP contribution in [0.1, 0.15) is 19.3 Å². The van der Waals surface area contributed by atoms with Crippen LogP contribution in [0, 0.1) is 11.8 Å². The van der Waals surface area contributed by atoms with Crippen molar-refractivity contribution in [2.45, 2.75) is 19.3 Å². The Hall–Kier alpha value is -0.570. The van der Waals surface area contributed by atoms with Gasteiger partial charge in [0.2, 0.25) is 5.91 Å². The minimum absolute atomic E-state index is 0.0251. The number of aliphatic hydroxyl groups excluding tert-OH is 1. The standard InChI is InChI=1S/C7H13NO2/c8-7(10)6-2-1-5(3-6)4-9/h5-6,9H,1-4H2,(H2,8,10). The van der Waals surface area contributed by atoms with E-state index >= 15 is 0 Å². The molecule has 1 fully saturated rings. The quantitative estimate of drug-likeness (QED) is 0.566. The molecular formula is C7H13NO2. The Morgan fingerprint density at radius 2 is 2.30 bits per heavy atom. The summed E-state index contributed by atoms with van der Waals surface area (Å²) in [5.74, 6) is 0.130. The van der Waals surface area contributed by atoms with Crippen LogP contribution in [0.2, 0.25) is 0 Å². The monoisotopic (exact) mass is 143 g/mol. The van der Waals surface area contributed by atoms with Gasteiger partial charge in [0.25, 0.3) is 0 Å². The van der Waals surface area contributed by atoms with E-state index in [4.69, 9.17) is 10.8 Å². The lowest BCUT2D eigenvalue weighted by Crippen LogP contribution is -2.20. The molecule has 1 amide bonds. The van der Waals surface area contributed by atoms with Crippen molar-refractivity contribution in [2.24, 2.45) is 17.6 Å². The average molecular weight is 143 g/mol. The second-order valence-electron chi connectivity index (χ2n) is 2.96. The third-order valence-electron chi connectivity index (χ3n) is 2.20. The zero-order chi connectivity index (χ0) is 7.56. The second kappa shape index (κ2) is 3.01. The van der Waals surface area contributed by atoms with Gasteiger partial charge in [-0.05, 0) is 25.2 Å². The number of rotatable bonds is 2. The smallest absolute Gasteiger partial charge is 0.220 e. The molecule has 0 radical (unpaired) electrons. The van der Waals surface area contributed by atoms with Crippen molar-refractivity contribution in [2.75, 3.05) is 6.61 Å². The first kappa shape index (κ1) is 7.54. The molecule has 1 rings (SSSR count). The lowest BCUT2D eigenvalue weighted by molar-refractivity contribution is -0.121. The summed E-state index contributed by atoms with van der Waals surface area (Å²) >= 11 is 0. The molecular weight excluding hydrogens is 130 g/mol. The molecule has 3 N–H and O–H groups in total. The highest BCUT2D eigenvalue weighted by molar-refractivity contribution is 5.76. The molecule has 0 bridgehead atoms. The minimum Gasteiger partial charge on any atom is -0.396 e. The van der Waals surface area contributed by atoms with Crippen molar-refractivity contribution in [3.05, 3.63) is 0 Å². The predicted octanol–water partition coefficient (Wildman–Crippen LogP) is -0.120. The first-order chi connectivity index (χ1) is 4.74. The molecule has 1 aliphatic carbocycles. The van der Waals surface area contributed by atoms with Gasteiger partial charge in [0, 0.05) is 12.5 Å². The summed E-state index contributed by atoms with van der Waals surface area (Å²) in [7, 11) is 0. The highest BCUT2D eigenvalue weighted by atomic mass is 16.3. The van der Waals surface area contributed by atoms with Crippen LogP contribution in [0.5, 0.6) is 0 Å². The van der Waals surface area contributed by atoms with Crippen LogP contribution in [0.3, 0.4) is 0 Å². The van der Waals surface area contributed by atoms with Crippen LogP contribution < -0.4 is 5.73 Å². The zero-order valence-corrected chi connectivity index (χ0v) is 5.92. The van der Waals surface area contributed by atoms with Gasteiger partial charge < -0.3 is 10.8 Å². The fourth-order valence-corrected chi connectivity index (χ4v) is 1.50. The lowest BCUT2D eigenvalue weighted by atomic mass is 10.1. The Bertz CT molecular complexity index is 136. The van der Waals surface area contributed by atoms with Crippen molar-refractivity contribution < 1.29 is 9.90 Å². The van der Waals surface area contributed by atoms with Gasteiger partial charge in [0.15, 0.2) is 0 Å². The highest BCUT2D eigenvalue weighted by Crippen LogP contribution is 2.29. The van der Waals surface area contributed by atoms with Gasteiger partial charge in [0.1, 0.15) is 0 Å². The van der Waals surface area contributed by atoms with E-state index < -0.39 is 0 Å². The first-order valence-electron chi connectivity index (χ1n) is 3.64. The molecule has 3 heteroatoms. The minimum atomic E-state index is -0.212. The summed E-state index contributed by atoms with van der Waals surface area (Å²) in [6, 6.07) is 0. The predicted molar refractivity (Wildman–Crippen MR) is 37.1 cm³/mol. The van der Waals surface area contributed by atoms with Crippen molar-refractivity contribution in [3.8, 4) is 0 Å². The number of nitrogens with two attached hydrogens (primary N) is 1. The molecule has 0 heterocycles. The fourth-order valence-electron chi connectivity index (χ4n) is 1.50. The van der Waals surface area contributed by atoms with E-state index in [2.05, 4.69) is 0 Å². The lowest BCUT2D eigenvalue weighted by Gasteiger charge is -2.03. The molecule has 1 aliphatic rings. The number of carbonyl (C=O) groups excluding carboxylic acids is 1. The van der Waals surface area contributed by atoms with Crippen molar-refractivity contribution in [1.82, 2.24) is 0 Å². The number of aliphatic hydroxyl groups is 1. The number of primary amides is 1. The van der Waals surface area contributed by atoms with E-state index in [1.54, 1.807) is 0 Å². The van der Waals surface area contributed by atoms with Crippen LogP contribution in [0.15, 0.2) is 0 Å². The third-order valence-corrected chi connectivity index (χ3v) is 2.20. The molecule has 0 aromatic carbocycles. The van der Waals surface area contributed by atoms with E-state index in [1.807, 2.05) is 0 Å². The Morgan fingerprint density at radius 1 is 1.60 bits per heavy atom. The van der Waals surface area contributed by atoms with E-state index in [0.717, 1.165) is 19.3 Å².